The second-order valence-electron chi connectivity index (χ2n) is 8.92. The SMILES string of the molecule is O=CC(F)(F)F.O=c1onc(-c2nonc2NCc2ccc(CN3CCS(=O)(=O)CC3)cc2)n1-c1ccc(F)c(Br)c1. The van der Waals surface area contributed by atoms with Crippen molar-refractivity contribution in [1.29, 1.82) is 0 Å². The Hall–Kier alpha value is -3.90. The molecule has 3 heterocycles. The van der Waals surface area contributed by atoms with E-state index in [1.165, 1.54) is 18.2 Å². The zero-order valence-electron chi connectivity index (χ0n) is 21.3. The lowest BCUT2D eigenvalue weighted by atomic mass is 10.1. The van der Waals surface area contributed by atoms with E-state index in [1.54, 1.807) is 0 Å². The van der Waals surface area contributed by atoms with Crippen LogP contribution in [0.2, 0.25) is 0 Å². The largest absolute Gasteiger partial charge is 0.446 e. The van der Waals surface area contributed by atoms with Crippen molar-refractivity contribution in [2.75, 3.05) is 29.9 Å². The maximum Gasteiger partial charge on any atom is 0.446 e. The maximum absolute atomic E-state index is 13.7. The molecule has 2 aromatic carbocycles. The van der Waals surface area contributed by atoms with E-state index in [0.717, 1.165) is 15.7 Å². The van der Waals surface area contributed by atoms with E-state index < -0.39 is 33.9 Å². The molecule has 0 bridgehead atoms. The lowest BCUT2D eigenvalue weighted by Crippen LogP contribution is -2.39. The van der Waals surface area contributed by atoms with Crippen LogP contribution < -0.4 is 11.1 Å². The Morgan fingerprint density at radius 1 is 1.02 bits per heavy atom. The third-order valence-corrected chi connectivity index (χ3v) is 8.14. The molecule has 0 aliphatic carbocycles. The summed E-state index contributed by atoms with van der Waals surface area (Å²) in [4.78, 5) is 23.1. The summed E-state index contributed by atoms with van der Waals surface area (Å²) in [5, 5.41) is 14.6. The van der Waals surface area contributed by atoms with Crippen LogP contribution in [-0.4, -0.2) is 70.4 Å². The molecule has 224 valence electrons. The number of carbonyl (C=O) groups is 1. The number of sulfone groups is 1. The molecular weight excluding hydrogens is 656 g/mol. The van der Waals surface area contributed by atoms with Crippen LogP contribution >= 0.6 is 15.9 Å². The summed E-state index contributed by atoms with van der Waals surface area (Å²) in [6.07, 6.45) is -5.70. The van der Waals surface area contributed by atoms with Gasteiger partial charge in [0.2, 0.25) is 17.9 Å². The van der Waals surface area contributed by atoms with Gasteiger partial charge in [0.15, 0.2) is 15.5 Å². The van der Waals surface area contributed by atoms with Crippen molar-refractivity contribution in [3.63, 3.8) is 0 Å². The zero-order valence-corrected chi connectivity index (χ0v) is 23.7. The third kappa shape index (κ3) is 8.10. The molecular formula is C24H21BrF4N6O6S. The van der Waals surface area contributed by atoms with Gasteiger partial charge < -0.3 is 5.32 Å². The first-order chi connectivity index (χ1) is 19.8. The van der Waals surface area contributed by atoms with E-state index in [9.17, 15) is 30.8 Å². The van der Waals surface area contributed by atoms with Crippen LogP contribution in [0.4, 0.5) is 23.4 Å². The number of anilines is 1. The molecule has 1 saturated heterocycles. The van der Waals surface area contributed by atoms with Gasteiger partial charge in [-0.3, -0.25) is 14.2 Å². The Labute approximate surface area is 243 Å². The van der Waals surface area contributed by atoms with Crippen LogP contribution in [0.25, 0.3) is 17.2 Å². The van der Waals surface area contributed by atoms with Gasteiger partial charge in [-0.1, -0.05) is 29.4 Å². The molecule has 0 saturated carbocycles. The average molecular weight is 677 g/mol. The fraction of sp³-hybridized carbons (Fsp3) is 0.292. The van der Waals surface area contributed by atoms with E-state index in [1.807, 2.05) is 24.3 Å². The third-order valence-electron chi connectivity index (χ3n) is 5.93. The number of aldehydes is 1. The van der Waals surface area contributed by atoms with Crippen molar-refractivity contribution in [1.82, 2.24) is 24.9 Å². The fourth-order valence-electron chi connectivity index (χ4n) is 3.82. The minimum absolute atomic E-state index is 0.0427. The highest BCUT2D eigenvalue weighted by Gasteiger charge is 2.25. The standard InChI is InChI=1S/C22H20BrFN6O5S.C2HF3O/c23-17-11-16(5-6-18(17)24)30-21(28-34-22(30)31)19-20(27-35-26-19)25-12-14-1-3-15(4-2-14)13-29-7-9-36(32,33)10-8-29;3-2(4,5)1-6/h1-6,11H,7-10,12-13H2,(H,25,27);1H. The summed E-state index contributed by atoms with van der Waals surface area (Å²) in [5.74, 6) is -0.579. The van der Waals surface area contributed by atoms with Gasteiger partial charge in [0, 0.05) is 26.2 Å². The summed E-state index contributed by atoms with van der Waals surface area (Å²) < 4.78 is 79.1. The van der Waals surface area contributed by atoms with E-state index in [0.29, 0.717) is 31.9 Å². The predicted octanol–water partition coefficient (Wildman–Crippen LogP) is 3.37. The number of alkyl halides is 3. The van der Waals surface area contributed by atoms with Crippen LogP contribution in [0.15, 0.2) is 60.9 Å². The molecule has 18 heteroatoms. The Morgan fingerprint density at radius 3 is 2.29 bits per heavy atom. The molecule has 1 aliphatic rings. The second kappa shape index (κ2) is 13.0. The number of halogens is 5. The molecule has 4 aromatic rings. The van der Waals surface area contributed by atoms with Crippen LogP contribution in [0.1, 0.15) is 11.1 Å². The molecule has 1 N–H and O–H groups in total. The van der Waals surface area contributed by atoms with Gasteiger partial charge in [0.25, 0.3) is 0 Å². The molecule has 1 aliphatic heterocycles. The van der Waals surface area contributed by atoms with E-state index in [-0.39, 0.29) is 33.3 Å². The molecule has 0 radical (unpaired) electrons. The Kier molecular flexibility index (Phi) is 9.57. The van der Waals surface area contributed by atoms with Crippen LogP contribution in [0, 0.1) is 5.82 Å². The van der Waals surface area contributed by atoms with Gasteiger partial charge in [0.05, 0.1) is 21.7 Å². The zero-order chi connectivity index (χ0) is 30.5. The first-order valence-corrected chi connectivity index (χ1v) is 14.6. The summed E-state index contributed by atoms with van der Waals surface area (Å²) in [5.41, 5.74) is 2.51. The first kappa shape index (κ1) is 31.0. The molecule has 42 heavy (non-hydrogen) atoms. The molecule has 0 spiro atoms. The van der Waals surface area contributed by atoms with Crippen molar-refractivity contribution in [3.8, 4) is 17.2 Å². The maximum atomic E-state index is 13.7. The number of aromatic nitrogens is 4. The summed E-state index contributed by atoms with van der Waals surface area (Å²) in [7, 11) is -2.90. The number of carbonyl (C=O) groups excluding carboxylic acids is 1. The number of nitrogens with zero attached hydrogens (tertiary/aromatic N) is 5. The smallest absolute Gasteiger partial charge is 0.361 e. The second-order valence-corrected chi connectivity index (χ2v) is 12.1. The number of hydrogen-bond donors (Lipinski definition) is 1. The molecule has 5 rings (SSSR count). The van der Waals surface area contributed by atoms with E-state index in [2.05, 4.69) is 41.6 Å². The van der Waals surface area contributed by atoms with Gasteiger partial charge in [-0.05, 0) is 55.6 Å². The Bertz CT molecular complexity index is 1690. The fourth-order valence-corrected chi connectivity index (χ4v) is 5.46. The monoisotopic (exact) mass is 676 g/mol. The molecule has 2 aromatic heterocycles. The van der Waals surface area contributed by atoms with Crippen molar-refractivity contribution >= 4 is 37.9 Å². The Balaban J connectivity index is 0.000000612. The Morgan fingerprint density at radius 2 is 1.67 bits per heavy atom. The quantitative estimate of drug-likeness (QED) is 0.226. The van der Waals surface area contributed by atoms with Gasteiger partial charge in [-0.15, -0.1) is 0 Å². The molecule has 0 amide bonds. The van der Waals surface area contributed by atoms with E-state index in [4.69, 9.17) is 13.9 Å². The van der Waals surface area contributed by atoms with Crippen molar-refractivity contribution < 1.29 is 39.9 Å². The van der Waals surface area contributed by atoms with Crippen LogP contribution in [0.3, 0.4) is 0 Å². The minimum Gasteiger partial charge on any atom is -0.361 e. The molecule has 12 nitrogen and oxygen atoms in total. The predicted molar refractivity (Wildman–Crippen MR) is 143 cm³/mol. The molecule has 0 atom stereocenters. The molecule has 0 unspecified atom stereocenters. The minimum atomic E-state index is -4.64. The highest BCUT2D eigenvalue weighted by molar-refractivity contribution is 9.10. The van der Waals surface area contributed by atoms with Crippen molar-refractivity contribution in [2.24, 2.45) is 0 Å². The summed E-state index contributed by atoms with van der Waals surface area (Å²) in [6, 6.07) is 11.9. The van der Waals surface area contributed by atoms with Crippen molar-refractivity contribution in [2.45, 2.75) is 19.3 Å². The van der Waals surface area contributed by atoms with Crippen LogP contribution in [0.5, 0.6) is 0 Å². The van der Waals surface area contributed by atoms with Crippen LogP contribution in [-0.2, 0) is 27.7 Å². The first-order valence-electron chi connectivity index (χ1n) is 12.0. The number of benzene rings is 2. The van der Waals surface area contributed by atoms with Gasteiger partial charge >= 0.3 is 11.9 Å². The van der Waals surface area contributed by atoms with Gasteiger partial charge in [-0.25, -0.2) is 26.8 Å². The van der Waals surface area contributed by atoms with Gasteiger partial charge in [-0.2, -0.15) is 13.2 Å². The molecule has 1 fully saturated rings. The summed E-state index contributed by atoms with van der Waals surface area (Å²) >= 11 is 3.10. The number of rotatable bonds is 7. The lowest BCUT2D eigenvalue weighted by molar-refractivity contribution is -0.156. The van der Waals surface area contributed by atoms with Crippen molar-refractivity contribution in [3.05, 3.63) is 74.4 Å². The number of nitrogens with one attached hydrogen (secondary N) is 1. The topological polar surface area (TPSA) is 153 Å². The summed E-state index contributed by atoms with van der Waals surface area (Å²) in [6.45, 7) is 2.14. The average Bonchev–Trinajstić information content (AvgIpc) is 3.57. The van der Waals surface area contributed by atoms with Gasteiger partial charge in [0.1, 0.15) is 5.82 Å². The highest BCUT2D eigenvalue weighted by atomic mass is 79.9. The normalized spacial score (nSPS) is 15.1. The number of hydrogen-bond acceptors (Lipinski definition) is 11. The van der Waals surface area contributed by atoms with E-state index >= 15 is 0 Å². The highest BCUT2D eigenvalue weighted by Crippen LogP contribution is 2.26. The lowest BCUT2D eigenvalue weighted by Gasteiger charge is -2.26.